The summed E-state index contributed by atoms with van der Waals surface area (Å²) in [5.41, 5.74) is 0.911. The number of sulfonamides is 1. The highest BCUT2D eigenvalue weighted by Gasteiger charge is 2.34. The molecule has 1 saturated carbocycles. The molecule has 4 rings (SSSR count). The summed E-state index contributed by atoms with van der Waals surface area (Å²) in [6, 6.07) is 20.8. The number of para-hydroxylation sites is 1. The summed E-state index contributed by atoms with van der Waals surface area (Å²) in [5.74, 6) is -0.216. The number of nitrogens with zero attached hydrogens (tertiary/aromatic N) is 2. The number of nitrogens with one attached hydrogen (secondary N) is 1. The van der Waals surface area contributed by atoms with E-state index in [1.807, 2.05) is 6.07 Å². The Morgan fingerprint density at radius 3 is 2.35 bits per heavy atom. The first kappa shape index (κ1) is 29.4. The molecule has 1 aliphatic rings. The molecule has 0 aromatic heterocycles. The average molecular weight is 584 g/mol. The quantitative estimate of drug-likeness (QED) is 0.342. The zero-order valence-electron chi connectivity index (χ0n) is 22.6. The zero-order valence-corrected chi connectivity index (χ0v) is 24.2. The minimum absolute atomic E-state index is 0.0223. The highest BCUT2D eigenvalue weighted by atomic mass is 35.5. The van der Waals surface area contributed by atoms with Gasteiger partial charge in [0.2, 0.25) is 11.8 Å². The van der Waals surface area contributed by atoms with E-state index in [1.165, 1.54) is 17.0 Å². The van der Waals surface area contributed by atoms with E-state index in [1.54, 1.807) is 74.7 Å². The van der Waals surface area contributed by atoms with Gasteiger partial charge in [0.15, 0.2) is 0 Å². The Morgan fingerprint density at radius 2 is 1.68 bits per heavy atom. The smallest absolute Gasteiger partial charge is 0.264 e. The third-order valence-corrected chi connectivity index (χ3v) is 9.18. The van der Waals surface area contributed by atoms with Gasteiger partial charge in [-0.05, 0) is 61.7 Å². The topological polar surface area (TPSA) is 96.0 Å². The molecule has 0 saturated heterocycles. The number of methoxy groups -OCH3 is 1. The lowest BCUT2D eigenvalue weighted by atomic mass is 10.1. The van der Waals surface area contributed by atoms with Crippen molar-refractivity contribution in [1.29, 1.82) is 0 Å². The number of hydrogen-bond acceptors (Lipinski definition) is 5. The van der Waals surface area contributed by atoms with Crippen LogP contribution in [0, 0.1) is 0 Å². The number of ether oxygens (including phenoxy) is 1. The van der Waals surface area contributed by atoms with Crippen molar-refractivity contribution in [2.75, 3.05) is 18.0 Å². The van der Waals surface area contributed by atoms with Crippen LogP contribution in [0.2, 0.25) is 5.02 Å². The van der Waals surface area contributed by atoms with Crippen LogP contribution in [0.3, 0.4) is 0 Å². The second kappa shape index (κ2) is 13.2. The van der Waals surface area contributed by atoms with E-state index in [9.17, 15) is 18.0 Å². The number of benzene rings is 3. The molecule has 8 nitrogen and oxygen atoms in total. The zero-order chi connectivity index (χ0) is 28.7. The number of rotatable bonds is 11. The van der Waals surface area contributed by atoms with E-state index in [-0.39, 0.29) is 34.1 Å². The van der Waals surface area contributed by atoms with Gasteiger partial charge in [0.1, 0.15) is 18.3 Å². The van der Waals surface area contributed by atoms with Gasteiger partial charge in [-0.1, -0.05) is 66.9 Å². The highest BCUT2D eigenvalue weighted by Crippen LogP contribution is 2.31. The number of carbonyl (C=O) groups is 2. The van der Waals surface area contributed by atoms with Crippen LogP contribution in [0.5, 0.6) is 5.75 Å². The van der Waals surface area contributed by atoms with Crippen LogP contribution in [0.1, 0.15) is 38.2 Å². The van der Waals surface area contributed by atoms with Gasteiger partial charge in [-0.15, -0.1) is 0 Å². The Morgan fingerprint density at radius 1 is 1.00 bits per heavy atom. The Balaban J connectivity index is 1.69. The molecule has 2 amide bonds. The number of hydrogen-bond donors (Lipinski definition) is 1. The van der Waals surface area contributed by atoms with Gasteiger partial charge in [0.25, 0.3) is 10.0 Å². The monoisotopic (exact) mass is 583 g/mol. The van der Waals surface area contributed by atoms with Gasteiger partial charge in [0.05, 0.1) is 22.7 Å². The van der Waals surface area contributed by atoms with E-state index >= 15 is 0 Å². The van der Waals surface area contributed by atoms with Gasteiger partial charge in [0, 0.05) is 12.6 Å². The number of anilines is 1. The molecule has 0 unspecified atom stereocenters. The first-order valence-corrected chi connectivity index (χ1v) is 15.1. The number of carbonyl (C=O) groups excluding carboxylic acids is 2. The molecule has 3 aromatic carbocycles. The van der Waals surface area contributed by atoms with E-state index in [2.05, 4.69) is 5.32 Å². The predicted molar refractivity (Wildman–Crippen MR) is 156 cm³/mol. The van der Waals surface area contributed by atoms with Crippen molar-refractivity contribution in [3.8, 4) is 5.75 Å². The van der Waals surface area contributed by atoms with E-state index < -0.39 is 28.5 Å². The summed E-state index contributed by atoms with van der Waals surface area (Å²) in [5, 5.41) is 3.24. The molecule has 0 aliphatic heterocycles. The molecule has 1 aliphatic carbocycles. The molecule has 1 atom stereocenters. The number of halogens is 1. The van der Waals surface area contributed by atoms with Crippen molar-refractivity contribution < 1.29 is 22.7 Å². The van der Waals surface area contributed by atoms with Gasteiger partial charge in [-0.25, -0.2) is 8.42 Å². The summed E-state index contributed by atoms with van der Waals surface area (Å²) >= 11 is 6.44. The van der Waals surface area contributed by atoms with Gasteiger partial charge in [-0.3, -0.25) is 13.9 Å². The molecule has 0 bridgehead atoms. The first-order chi connectivity index (χ1) is 19.2. The molecule has 3 aromatic rings. The van der Waals surface area contributed by atoms with Crippen LogP contribution in [0.15, 0.2) is 83.8 Å². The lowest BCUT2D eigenvalue weighted by molar-refractivity contribution is -0.139. The maximum atomic E-state index is 14.0. The summed E-state index contributed by atoms with van der Waals surface area (Å²) in [6.07, 6.45) is 3.90. The molecular weight excluding hydrogens is 550 g/mol. The minimum Gasteiger partial charge on any atom is -0.497 e. The summed E-state index contributed by atoms with van der Waals surface area (Å²) in [4.78, 5) is 28.8. The number of amides is 2. The van der Waals surface area contributed by atoms with Crippen molar-refractivity contribution in [3.05, 3.63) is 89.4 Å². The van der Waals surface area contributed by atoms with Crippen molar-refractivity contribution in [2.45, 2.75) is 56.1 Å². The molecular formula is C30H34ClN3O5S. The normalized spacial score (nSPS) is 14.4. The van der Waals surface area contributed by atoms with Crippen LogP contribution >= 0.6 is 11.6 Å². The summed E-state index contributed by atoms with van der Waals surface area (Å²) in [7, 11) is -2.62. The van der Waals surface area contributed by atoms with E-state index in [0.717, 1.165) is 35.6 Å². The van der Waals surface area contributed by atoms with Crippen molar-refractivity contribution >= 4 is 39.1 Å². The Bertz CT molecular complexity index is 1430. The SMILES string of the molecule is COc1cccc(CN(C(=O)CN(c2ccccc2Cl)S(=O)(=O)c2ccccc2)[C@@H](C)C(=O)NC2CCCC2)c1. The maximum absolute atomic E-state index is 14.0. The van der Waals surface area contributed by atoms with Crippen molar-refractivity contribution in [2.24, 2.45) is 0 Å². The third-order valence-electron chi connectivity index (χ3n) is 7.09. The molecule has 10 heteroatoms. The minimum atomic E-state index is -4.17. The average Bonchev–Trinajstić information content (AvgIpc) is 3.48. The van der Waals surface area contributed by atoms with Crippen LogP contribution in [0.25, 0.3) is 0 Å². The fourth-order valence-electron chi connectivity index (χ4n) is 4.83. The molecule has 0 radical (unpaired) electrons. The molecule has 0 spiro atoms. The summed E-state index contributed by atoms with van der Waals surface area (Å²) in [6.45, 7) is 1.19. The maximum Gasteiger partial charge on any atom is 0.264 e. The van der Waals surface area contributed by atoms with Gasteiger partial charge in [-0.2, -0.15) is 0 Å². The Kier molecular flexibility index (Phi) is 9.71. The second-order valence-corrected chi connectivity index (χ2v) is 12.1. The molecule has 0 heterocycles. The Hall–Kier alpha value is -3.56. The first-order valence-electron chi connectivity index (χ1n) is 13.3. The lowest BCUT2D eigenvalue weighted by Gasteiger charge is -2.32. The van der Waals surface area contributed by atoms with E-state index in [4.69, 9.17) is 16.3 Å². The van der Waals surface area contributed by atoms with Gasteiger partial charge < -0.3 is 15.0 Å². The van der Waals surface area contributed by atoms with Gasteiger partial charge >= 0.3 is 0 Å². The lowest BCUT2D eigenvalue weighted by Crippen LogP contribution is -2.52. The Labute approximate surface area is 240 Å². The summed E-state index contributed by atoms with van der Waals surface area (Å²) < 4.78 is 34.0. The van der Waals surface area contributed by atoms with Crippen LogP contribution in [0.4, 0.5) is 5.69 Å². The third kappa shape index (κ3) is 6.95. The van der Waals surface area contributed by atoms with Crippen LogP contribution in [-0.4, -0.2) is 50.9 Å². The molecule has 1 N–H and O–H groups in total. The van der Waals surface area contributed by atoms with E-state index in [0.29, 0.717) is 5.75 Å². The van der Waals surface area contributed by atoms with Crippen molar-refractivity contribution in [3.63, 3.8) is 0 Å². The second-order valence-electron chi connectivity index (χ2n) is 9.82. The standard InChI is InChI=1S/C30H34ClN3O5S/c1-22(30(36)32-24-12-6-7-13-24)33(20-23-11-10-14-25(19-23)39-2)29(35)21-34(28-18-9-8-17-27(28)31)40(37,38)26-15-4-3-5-16-26/h3-5,8-11,14-19,22,24H,6-7,12-13,20-21H2,1-2H3,(H,32,36)/t22-/m0/s1. The fraction of sp³-hybridized carbons (Fsp3) is 0.333. The van der Waals surface area contributed by atoms with Crippen LogP contribution < -0.4 is 14.4 Å². The molecule has 1 fully saturated rings. The highest BCUT2D eigenvalue weighted by molar-refractivity contribution is 7.92. The van der Waals surface area contributed by atoms with Crippen molar-refractivity contribution in [1.82, 2.24) is 10.2 Å². The molecule has 212 valence electrons. The molecule has 40 heavy (non-hydrogen) atoms. The predicted octanol–water partition coefficient (Wildman–Crippen LogP) is 5.02. The largest absolute Gasteiger partial charge is 0.497 e. The fourth-order valence-corrected chi connectivity index (χ4v) is 6.57. The van der Waals surface area contributed by atoms with Crippen LogP contribution in [-0.2, 0) is 26.2 Å².